The Hall–Kier alpha value is -3.33. The van der Waals surface area contributed by atoms with Crippen LogP contribution in [0.2, 0.25) is 0 Å². The lowest BCUT2D eigenvalue weighted by molar-refractivity contribution is -0.387. The van der Waals surface area contributed by atoms with E-state index in [1.807, 2.05) is 24.3 Å². The number of halogens is 1. The van der Waals surface area contributed by atoms with Gasteiger partial charge in [-0.05, 0) is 36.4 Å². The molecule has 0 aliphatic heterocycles. The monoisotopic (exact) mass is 370 g/mol. The zero-order valence-electron chi connectivity index (χ0n) is 13.4. The molecule has 2 aromatic heterocycles. The second-order valence-corrected chi connectivity index (χ2v) is 6.37. The fourth-order valence-electron chi connectivity index (χ4n) is 2.50. The standard InChI is InChI=1S/C17H11FN4O3S/c1-25-12-5-2-10(3-6-12)14-9-21-17(19-14)26-16(20-21)11-4-7-13(18)15(8-11)22(23)24/h2-9H,1H3. The van der Waals surface area contributed by atoms with Crippen LogP contribution in [-0.4, -0.2) is 26.6 Å². The van der Waals surface area contributed by atoms with Crippen LogP contribution in [0.3, 0.4) is 0 Å². The van der Waals surface area contributed by atoms with Gasteiger partial charge in [0.05, 0.1) is 23.9 Å². The Kier molecular flexibility index (Phi) is 3.85. The van der Waals surface area contributed by atoms with Crippen molar-refractivity contribution in [2.45, 2.75) is 0 Å². The fraction of sp³-hybridized carbons (Fsp3) is 0.0588. The minimum atomic E-state index is -0.873. The molecule has 0 spiro atoms. The van der Waals surface area contributed by atoms with Gasteiger partial charge >= 0.3 is 5.69 Å². The van der Waals surface area contributed by atoms with Gasteiger partial charge in [-0.3, -0.25) is 10.1 Å². The second-order valence-electron chi connectivity index (χ2n) is 5.41. The summed E-state index contributed by atoms with van der Waals surface area (Å²) >= 11 is 1.27. The zero-order chi connectivity index (χ0) is 18.3. The van der Waals surface area contributed by atoms with Crippen LogP contribution in [0.1, 0.15) is 0 Å². The van der Waals surface area contributed by atoms with Crippen molar-refractivity contribution in [1.82, 2.24) is 14.6 Å². The summed E-state index contributed by atoms with van der Waals surface area (Å²) in [6.45, 7) is 0. The third kappa shape index (κ3) is 2.78. The van der Waals surface area contributed by atoms with Gasteiger partial charge < -0.3 is 4.74 Å². The van der Waals surface area contributed by atoms with Crippen LogP contribution in [0.4, 0.5) is 10.1 Å². The highest BCUT2D eigenvalue weighted by molar-refractivity contribution is 7.19. The Bertz CT molecular complexity index is 1090. The molecule has 0 unspecified atom stereocenters. The first kappa shape index (κ1) is 16.2. The van der Waals surface area contributed by atoms with Crippen molar-refractivity contribution in [2.75, 3.05) is 7.11 Å². The van der Waals surface area contributed by atoms with Gasteiger partial charge in [-0.1, -0.05) is 11.3 Å². The SMILES string of the molecule is COc1ccc(-c2cn3nc(-c4ccc(F)c([N+](=O)[O-])c4)sc3n2)cc1. The molecule has 7 nitrogen and oxygen atoms in total. The zero-order valence-corrected chi connectivity index (χ0v) is 14.2. The molecule has 0 fully saturated rings. The first-order valence-corrected chi connectivity index (χ1v) is 8.32. The molecule has 0 radical (unpaired) electrons. The van der Waals surface area contributed by atoms with Crippen LogP contribution >= 0.6 is 11.3 Å². The maximum absolute atomic E-state index is 13.5. The highest BCUT2D eigenvalue weighted by Crippen LogP contribution is 2.31. The summed E-state index contributed by atoms with van der Waals surface area (Å²) in [5.41, 5.74) is 1.57. The maximum Gasteiger partial charge on any atom is 0.305 e. The van der Waals surface area contributed by atoms with E-state index in [1.165, 1.54) is 23.5 Å². The number of fused-ring (bicyclic) bond motifs is 1. The van der Waals surface area contributed by atoms with Gasteiger partial charge in [-0.2, -0.15) is 9.49 Å². The lowest BCUT2D eigenvalue weighted by Gasteiger charge is -2.00. The highest BCUT2D eigenvalue weighted by atomic mass is 32.1. The number of hydrogen-bond donors (Lipinski definition) is 0. The molecule has 2 aromatic carbocycles. The fourth-order valence-corrected chi connectivity index (χ4v) is 3.38. The molecule has 2 heterocycles. The van der Waals surface area contributed by atoms with E-state index in [4.69, 9.17) is 4.74 Å². The van der Waals surface area contributed by atoms with E-state index in [1.54, 1.807) is 17.8 Å². The Morgan fingerprint density at radius 2 is 1.92 bits per heavy atom. The summed E-state index contributed by atoms with van der Waals surface area (Å²) in [5, 5.41) is 15.8. The van der Waals surface area contributed by atoms with Crippen molar-refractivity contribution in [3.05, 3.63) is 64.6 Å². The Morgan fingerprint density at radius 1 is 1.19 bits per heavy atom. The minimum absolute atomic E-state index is 0.472. The van der Waals surface area contributed by atoms with Gasteiger partial charge in [-0.25, -0.2) is 9.50 Å². The van der Waals surface area contributed by atoms with Crippen molar-refractivity contribution < 1.29 is 14.1 Å². The van der Waals surface area contributed by atoms with Gasteiger partial charge in [0.25, 0.3) is 0 Å². The van der Waals surface area contributed by atoms with Gasteiger partial charge in [0.1, 0.15) is 10.8 Å². The van der Waals surface area contributed by atoms with E-state index in [9.17, 15) is 14.5 Å². The summed E-state index contributed by atoms with van der Waals surface area (Å²) in [6.07, 6.45) is 1.77. The molecule has 0 N–H and O–H groups in total. The number of rotatable bonds is 4. The highest BCUT2D eigenvalue weighted by Gasteiger charge is 2.18. The van der Waals surface area contributed by atoms with E-state index in [0.29, 0.717) is 15.5 Å². The molecule has 4 rings (SSSR count). The first-order valence-electron chi connectivity index (χ1n) is 7.50. The van der Waals surface area contributed by atoms with E-state index in [2.05, 4.69) is 10.1 Å². The molecule has 4 aromatic rings. The number of ether oxygens (including phenoxy) is 1. The summed E-state index contributed by atoms with van der Waals surface area (Å²) in [6, 6.07) is 11.2. The smallest absolute Gasteiger partial charge is 0.305 e. The number of imidazole rings is 1. The van der Waals surface area contributed by atoms with E-state index in [-0.39, 0.29) is 0 Å². The lowest BCUT2D eigenvalue weighted by Crippen LogP contribution is -1.93. The maximum atomic E-state index is 13.5. The molecule has 9 heteroatoms. The van der Waals surface area contributed by atoms with Gasteiger partial charge in [-0.15, -0.1) is 0 Å². The van der Waals surface area contributed by atoms with Crippen molar-refractivity contribution in [3.8, 4) is 27.6 Å². The predicted molar refractivity (Wildman–Crippen MR) is 94.9 cm³/mol. The number of nitro groups is 1. The van der Waals surface area contributed by atoms with Crippen LogP contribution in [0, 0.1) is 15.9 Å². The molecule has 0 atom stereocenters. The molecule has 0 bridgehead atoms. The number of nitro benzene ring substituents is 1. The number of hydrogen-bond acceptors (Lipinski definition) is 6. The van der Waals surface area contributed by atoms with E-state index in [0.717, 1.165) is 23.1 Å². The third-order valence-corrected chi connectivity index (χ3v) is 4.79. The summed E-state index contributed by atoms with van der Waals surface area (Å²) in [4.78, 5) is 15.3. The molecule has 0 saturated heterocycles. The van der Waals surface area contributed by atoms with E-state index < -0.39 is 16.4 Å². The molecule has 0 aliphatic carbocycles. The summed E-state index contributed by atoms with van der Waals surface area (Å²) in [5.74, 6) is -0.116. The Morgan fingerprint density at radius 3 is 2.58 bits per heavy atom. The van der Waals surface area contributed by atoms with Crippen molar-refractivity contribution >= 4 is 22.0 Å². The minimum Gasteiger partial charge on any atom is -0.497 e. The number of nitrogens with zero attached hydrogens (tertiary/aromatic N) is 4. The largest absolute Gasteiger partial charge is 0.497 e. The molecule has 0 aliphatic rings. The topological polar surface area (TPSA) is 82.6 Å². The van der Waals surface area contributed by atoms with Gasteiger partial charge in [0.15, 0.2) is 0 Å². The number of benzene rings is 2. The Balaban J connectivity index is 1.70. The van der Waals surface area contributed by atoms with Crippen molar-refractivity contribution in [3.63, 3.8) is 0 Å². The van der Waals surface area contributed by atoms with Crippen LogP contribution in [0.15, 0.2) is 48.7 Å². The van der Waals surface area contributed by atoms with Crippen molar-refractivity contribution in [1.29, 1.82) is 0 Å². The molecular formula is C17H11FN4O3S. The molecule has 26 heavy (non-hydrogen) atoms. The molecule has 0 amide bonds. The molecule has 0 saturated carbocycles. The van der Waals surface area contributed by atoms with Crippen LogP contribution in [0.5, 0.6) is 5.75 Å². The van der Waals surface area contributed by atoms with Crippen molar-refractivity contribution in [2.24, 2.45) is 0 Å². The molecular weight excluding hydrogens is 359 g/mol. The van der Waals surface area contributed by atoms with Crippen LogP contribution in [-0.2, 0) is 0 Å². The van der Waals surface area contributed by atoms with Gasteiger partial charge in [0, 0.05) is 17.2 Å². The lowest BCUT2D eigenvalue weighted by atomic mass is 10.2. The average molecular weight is 370 g/mol. The average Bonchev–Trinajstić information content (AvgIpc) is 3.21. The first-order chi connectivity index (χ1) is 12.5. The molecule has 130 valence electrons. The number of aromatic nitrogens is 3. The summed E-state index contributed by atoms with van der Waals surface area (Å²) < 4.78 is 20.2. The predicted octanol–water partition coefficient (Wildman–Crippen LogP) is 4.18. The van der Waals surface area contributed by atoms with Crippen LogP contribution in [0.25, 0.3) is 26.8 Å². The van der Waals surface area contributed by atoms with Crippen LogP contribution < -0.4 is 4.74 Å². The quantitative estimate of drug-likeness (QED) is 0.397. The third-order valence-electron chi connectivity index (χ3n) is 3.82. The summed E-state index contributed by atoms with van der Waals surface area (Å²) in [7, 11) is 1.60. The number of methoxy groups -OCH3 is 1. The normalized spacial score (nSPS) is 11.0. The second kappa shape index (κ2) is 6.19. The van der Waals surface area contributed by atoms with Gasteiger partial charge in [0.2, 0.25) is 10.8 Å². The Labute approximate surface area is 150 Å². The van der Waals surface area contributed by atoms with E-state index >= 15 is 0 Å².